The van der Waals surface area contributed by atoms with Gasteiger partial charge in [-0.05, 0) is 65.2 Å². The topological polar surface area (TPSA) is 44.3 Å². The molecule has 1 aromatic rings. The largest absolute Gasteiger partial charge is 0.357 e. The van der Waals surface area contributed by atoms with Crippen LogP contribution in [0.2, 0.25) is 0 Å². The van der Waals surface area contributed by atoms with Gasteiger partial charge in [-0.2, -0.15) is 4.98 Å². The highest BCUT2D eigenvalue weighted by molar-refractivity contribution is 5.42. The van der Waals surface area contributed by atoms with Crippen molar-refractivity contribution in [3.8, 4) is 0 Å². The lowest BCUT2D eigenvalue weighted by molar-refractivity contribution is 0.224. The van der Waals surface area contributed by atoms with E-state index < -0.39 is 0 Å². The summed E-state index contributed by atoms with van der Waals surface area (Å²) in [6, 6.07) is 1.98. The first-order valence-corrected chi connectivity index (χ1v) is 9.37. The Kier molecular flexibility index (Phi) is 8.15. The molecule has 1 aliphatic rings. The van der Waals surface area contributed by atoms with Crippen LogP contribution in [0.1, 0.15) is 52.4 Å². The van der Waals surface area contributed by atoms with Gasteiger partial charge in [-0.25, -0.2) is 4.98 Å². The van der Waals surface area contributed by atoms with Crippen LogP contribution >= 0.6 is 0 Å². The molecule has 1 N–H and O–H groups in total. The molecule has 0 spiro atoms. The molecule has 23 heavy (non-hydrogen) atoms. The molecule has 0 bridgehead atoms. The van der Waals surface area contributed by atoms with Crippen LogP contribution in [0.25, 0.3) is 0 Å². The average molecular weight is 319 g/mol. The summed E-state index contributed by atoms with van der Waals surface area (Å²) in [5, 5.41) is 3.36. The lowest BCUT2D eigenvalue weighted by atomic mass is 10.1. The molecule has 5 nitrogen and oxygen atoms in total. The third kappa shape index (κ3) is 6.34. The lowest BCUT2D eigenvalue weighted by Crippen LogP contribution is -2.30. The van der Waals surface area contributed by atoms with Gasteiger partial charge in [0.05, 0.1) is 0 Å². The Morgan fingerprint density at radius 2 is 1.87 bits per heavy atom. The second kappa shape index (κ2) is 10.4. The second-order valence-electron chi connectivity index (χ2n) is 6.30. The van der Waals surface area contributed by atoms with Gasteiger partial charge in [0.25, 0.3) is 0 Å². The molecule has 130 valence electrons. The van der Waals surface area contributed by atoms with Gasteiger partial charge in [0, 0.05) is 25.8 Å². The highest BCUT2D eigenvalue weighted by Gasteiger charge is 2.09. The molecule has 0 amide bonds. The summed E-state index contributed by atoms with van der Waals surface area (Å²) in [5.74, 6) is 1.77. The minimum absolute atomic E-state index is 0.755. The molecule has 1 aromatic heterocycles. The molecule has 1 fully saturated rings. The minimum atomic E-state index is 0.755. The standard InChI is InChI=1S/C18H33N5/c1-3-23(4-2)17-11-13-20-18(21-17)19-12-7-5-8-14-22-15-9-6-10-16-22/h11,13H,3-10,12,14-16H2,1-2H3,(H,19,20,21). The molecule has 2 rings (SSSR count). The van der Waals surface area contributed by atoms with Gasteiger partial charge >= 0.3 is 0 Å². The van der Waals surface area contributed by atoms with E-state index in [0.717, 1.165) is 31.4 Å². The zero-order chi connectivity index (χ0) is 16.3. The zero-order valence-electron chi connectivity index (χ0n) is 14.9. The molecule has 1 saturated heterocycles. The van der Waals surface area contributed by atoms with E-state index in [2.05, 4.69) is 38.9 Å². The number of rotatable bonds is 10. The first-order valence-electron chi connectivity index (χ1n) is 9.37. The smallest absolute Gasteiger partial charge is 0.224 e. The summed E-state index contributed by atoms with van der Waals surface area (Å²) in [6.07, 6.45) is 9.82. The van der Waals surface area contributed by atoms with Crippen molar-refractivity contribution < 1.29 is 0 Å². The van der Waals surface area contributed by atoms with E-state index in [-0.39, 0.29) is 0 Å². The number of hydrogen-bond acceptors (Lipinski definition) is 5. The van der Waals surface area contributed by atoms with Crippen molar-refractivity contribution in [2.24, 2.45) is 0 Å². The van der Waals surface area contributed by atoms with Crippen LogP contribution < -0.4 is 10.2 Å². The maximum absolute atomic E-state index is 4.60. The van der Waals surface area contributed by atoms with E-state index in [1.165, 1.54) is 58.2 Å². The van der Waals surface area contributed by atoms with Crippen molar-refractivity contribution in [1.29, 1.82) is 0 Å². The van der Waals surface area contributed by atoms with Crippen molar-refractivity contribution >= 4 is 11.8 Å². The van der Waals surface area contributed by atoms with Gasteiger partial charge in [0.1, 0.15) is 5.82 Å². The Morgan fingerprint density at radius 3 is 2.61 bits per heavy atom. The van der Waals surface area contributed by atoms with E-state index in [0.29, 0.717) is 0 Å². The van der Waals surface area contributed by atoms with Crippen molar-refractivity contribution in [3.05, 3.63) is 12.3 Å². The lowest BCUT2D eigenvalue weighted by Gasteiger charge is -2.26. The summed E-state index contributed by atoms with van der Waals surface area (Å²) in [7, 11) is 0. The number of nitrogens with zero attached hydrogens (tertiary/aromatic N) is 4. The Hall–Kier alpha value is -1.36. The van der Waals surface area contributed by atoms with E-state index in [4.69, 9.17) is 0 Å². The monoisotopic (exact) mass is 319 g/mol. The normalized spacial score (nSPS) is 15.6. The van der Waals surface area contributed by atoms with Crippen molar-refractivity contribution in [2.75, 3.05) is 49.5 Å². The highest BCUT2D eigenvalue weighted by atomic mass is 15.2. The number of hydrogen-bond donors (Lipinski definition) is 1. The van der Waals surface area contributed by atoms with E-state index >= 15 is 0 Å². The minimum Gasteiger partial charge on any atom is -0.357 e. The summed E-state index contributed by atoms with van der Waals surface area (Å²) in [5.41, 5.74) is 0. The second-order valence-corrected chi connectivity index (χ2v) is 6.30. The van der Waals surface area contributed by atoms with Gasteiger partial charge in [0.2, 0.25) is 5.95 Å². The predicted molar refractivity (Wildman–Crippen MR) is 98.2 cm³/mol. The maximum atomic E-state index is 4.60. The highest BCUT2D eigenvalue weighted by Crippen LogP contribution is 2.12. The number of unbranched alkanes of at least 4 members (excludes halogenated alkanes) is 2. The van der Waals surface area contributed by atoms with E-state index in [1.807, 2.05) is 12.3 Å². The van der Waals surface area contributed by atoms with Crippen LogP contribution in [0.5, 0.6) is 0 Å². The van der Waals surface area contributed by atoms with Crippen molar-refractivity contribution in [1.82, 2.24) is 14.9 Å². The van der Waals surface area contributed by atoms with Gasteiger partial charge in [-0.3, -0.25) is 0 Å². The summed E-state index contributed by atoms with van der Waals surface area (Å²) >= 11 is 0. The molecule has 5 heteroatoms. The van der Waals surface area contributed by atoms with Crippen LogP contribution in [-0.2, 0) is 0 Å². The van der Waals surface area contributed by atoms with E-state index in [9.17, 15) is 0 Å². The number of piperidine rings is 1. The molecule has 2 heterocycles. The first kappa shape index (κ1) is 18.0. The Bertz CT molecular complexity index is 427. The molecule has 1 aliphatic heterocycles. The maximum Gasteiger partial charge on any atom is 0.224 e. The summed E-state index contributed by atoms with van der Waals surface area (Å²) in [4.78, 5) is 13.8. The third-order valence-corrected chi connectivity index (χ3v) is 4.61. The molecule has 0 aliphatic carbocycles. The zero-order valence-corrected chi connectivity index (χ0v) is 14.9. The molecule has 0 aromatic carbocycles. The number of nitrogens with one attached hydrogen (secondary N) is 1. The number of likely N-dealkylation sites (tertiary alicyclic amines) is 1. The first-order chi connectivity index (χ1) is 11.3. The fourth-order valence-corrected chi connectivity index (χ4v) is 3.18. The fraction of sp³-hybridized carbons (Fsp3) is 0.778. The Labute approximate surface area is 141 Å². The molecule has 0 atom stereocenters. The molecule has 0 radical (unpaired) electrons. The number of anilines is 2. The van der Waals surface area contributed by atoms with Gasteiger partial charge < -0.3 is 15.1 Å². The molecular weight excluding hydrogens is 286 g/mol. The average Bonchev–Trinajstić information content (AvgIpc) is 2.60. The SMILES string of the molecule is CCN(CC)c1ccnc(NCCCCCN2CCCCC2)n1. The summed E-state index contributed by atoms with van der Waals surface area (Å²) in [6.45, 7) is 11.1. The Morgan fingerprint density at radius 1 is 1.09 bits per heavy atom. The number of aromatic nitrogens is 2. The molecule has 0 unspecified atom stereocenters. The van der Waals surface area contributed by atoms with Gasteiger partial charge in [-0.1, -0.05) is 12.8 Å². The third-order valence-electron chi connectivity index (χ3n) is 4.61. The van der Waals surface area contributed by atoms with Crippen LogP contribution in [0.15, 0.2) is 12.3 Å². The van der Waals surface area contributed by atoms with Gasteiger partial charge in [-0.15, -0.1) is 0 Å². The van der Waals surface area contributed by atoms with Crippen LogP contribution in [0.3, 0.4) is 0 Å². The molecule has 0 saturated carbocycles. The Balaban J connectivity index is 1.61. The van der Waals surface area contributed by atoms with Crippen LogP contribution in [0, 0.1) is 0 Å². The fourth-order valence-electron chi connectivity index (χ4n) is 3.18. The predicted octanol–water partition coefficient (Wildman–Crippen LogP) is 3.39. The van der Waals surface area contributed by atoms with Crippen LogP contribution in [0.4, 0.5) is 11.8 Å². The van der Waals surface area contributed by atoms with Crippen LogP contribution in [-0.4, -0.2) is 54.1 Å². The van der Waals surface area contributed by atoms with Gasteiger partial charge in [0.15, 0.2) is 0 Å². The van der Waals surface area contributed by atoms with Crippen molar-refractivity contribution in [2.45, 2.75) is 52.4 Å². The summed E-state index contributed by atoms with van der Waals surface area (Å²) < 4.78 is 0. The quantitative estimate of drug-likeness (QED) is 0.670. The van der Waals surface area contributed by atoms with Crippen molar-refractivity contribution in [3.63, 3.8) is 0 Å². The van der Waals surface area contributed by atoms with E-state index in [1.54, 1.807) is 0 Å². The molecular formula is C18H33N5.